The minimum atomic E-state index is 0.248. The highest BCUT2D eigenvalue weighted by Crippen LogP contribution is 2.20. The van der Waals surface area contributed by atoms with Gasteiger partial charge in [0.05, 0.1) is 11.3 Å². The Kier molecular flexibility index (Phi) is 4.92. The quantitative estimate of drug-likeness (QED) is 0.932. The molecule has 2 aromatic rings. The third-order valence-electron chi connectivity index (χ3n) is 4.26. The molecule has 0 atom stereocenters. The zero-order valence-electron chi connectivity index (χ0n) is 13.8. The number of aromatic hydroxyl groups is 1. The number of rotatable bonds is 3. The largest absolute Gasteiger partial charge is 0.506 e. The molecule has 1 aliphatic heterocycles. The van der Waals surface area contributed by atoms with Crippen molar-refractivity contribution >= 4 is 5.82 Å². The molecular formula is C18H21N5O. The normalized spacial score (nSPS) is 15.8. The minimum absolute atomic E-state index is 0.248. The molecule has 3 rings (SSSR count). The molecule has 6 heteroatoms. The molecule has 0 aromatic carbocycles. The fourth-order valence-corrected chi connectivity index (χ4v) is 3.01. The predicted molar refractivity (Wildman–Crippen MR) is 91.7 cm³/mol. The van der Waals surface area contributed by atoms with Gasteiger partial charge in [-0.05, 0) is 37.6 Å². The summed E-state index contributed by atoms with van der Waals surface area (Å²) in [5.74, 6) is 1.01. The molecule has 6 nitrogen and oxygen atoms in total. The lowest BCUT2D eigenvalue weighted by molar-refractivity contribution is 0.276. The molecule has 1 N–H and O–H groups in total. The van der Waals surface area contributed by atoms with Crippen LogP contribution in [-0.2, 0) is 6.54 Å². The van der Waals surface area contributed by atoms with Gasteiger partial charge in [-0.25, -0.2) is 4.98 Å². The van der Waals surface area contributed by atoms with Gasteiger partial charge in [0.15, 0.2) is 0 Å². The standard InChI is InChI=1S/C18H21N5O/c1-14-5-6-17(24)16(21-14)13-22-8-3-9-23(11-10-22)18-15(12-19)4-2-7-20-18/h2,4-7,24H,3,8-11,13H2,1H3. The zero-order chi connectivity index (χ0) is 16.9. The van der Waals surface area contributed by atoms with Crippen molar-refractivity contribution in [3.63, 3.8) is 0 Å². The van der Waals surface area contributed by atoms with Crippen molar-refractivity contribution in [2.45, 2.75) is 19.9 Å². The van der Waals surface area contributed by atoms with Crippen LogP contribution in [0.5, 0.6) is 5.75 Å². The molecule has 1 saturated heterocycles. The van der Waals surface area contributed by atoms with Crippen molar-refractivity contribution in [1.29, 1.82) is 5.26 Å². The number of aryl methyl sites for hydroxylation is 1. The Bertz CT molecular complexity index is 755. The smallest absolute Gasteiger partial charge is 0.146 e. The predicted octanol–water partition coefficient (Wildman–Crippen LogP) is 2.07. The van der Waals surface area contributed by atoms with Crippen molar-refractivity contribution in [3.05, 3.63) is 47.4 Å². The van der Waals surface area contributed by atoms with Crippen LogP contribution in [0.25, 0.3) is 0 Å². The van der Waals surface area contributed by atoms with Gasteiger partial charge in [-0.2, -0.15) is 5.26 Å². The number of hydrogen-bond acceptors (Lipinski definition) is 6. The molecule has 0 aliphatic carbocycles. The summed E-state index contributed by atoms with van der Waals surface area (Å²) < 4.78 is 0. The van der Waals surface area contributed by atoms with Gasteiger partial charge in [-0.3, -0.25) is 9.88 Å². The second-order valence-corrected chi connectivity index (χ2v) is 6.02. The van der Waals surface area contributed by atoms with E-state index >= 15 is 0 Å². The molecule has 0 saturated carbocycles. The van der Waals surface area contributed by atoms with Crippen LogP contribution < -0.4 is 4.90 Å². The Morgan fingerprint density at radius 3 is 2.92 bits per heavy atom. The molecule has 24 heavy (non-hydrogen) atoms. The molecule has 0 bridgehead atoms. The maximum absolute atomic E-state index is 9.99. The Morgan fingerprint density at radius 1 is 1.21 bits per heavy atom. The van der Waals surface area contributed by atoms with Crippen LogP contribution in [0, 0.1) is 18.3 Å². The summed E-state index contributed by atoms with van der Waals surface area (Å²) in [6, 6.07) is 9.33. The fraction of sp³-hybridized carbons (Fsp3) is 0.389. The fourth-order valence-electron chi connectivity index (χ4n) is 3.01. The summed E-state index contributed by atoms with van der Waals surface area (Å²) in [6.07, 6.45) is 2.71. The number of hydrogen-bond donors (Lipinski definition) is 1. The van der Waals surface area contributed by atoms with Crippen LogP contribution in [0.4, 0.5) is 5.82 Å². The van der Waals surface area contributed by atoms with Crippen LogP contribution in [0.15, 0.2) is 30.5 Å². The Labute approximate surface area is 142 Å². The molecule has 1 fully saturated rings. The molecule has 0 spiro atoms. The first-order valence-electron chi connectivity index (χ1n) is 8.15. The summed E-state index contributed by atoms with van der Waals surface area (Å²) in [4.78, 5) is 13.3. The first-order chi connectivity index (χ1) is 11.7. The molecule has 0 amide bonds. The van der Waals surface area contributed by atoms with Crippen molar-refractivity contribution in [3.8, 4) is 11.8 Å². The van der Waals surface area contributed by atoms with Gasteiger partial charge in [0.1, 0.15) is 17.6 Å². The summed E-state index contributed by atoms with van der Waals surface area (Å²) in [7, 11) is 0. The van der Waals surface area contributed by atoms with E-state index in [1.807, 2.05) is 13.0 Å². The monoisotopic (exact) mass is 323 g/mol. The Morgan fingerprint density at radius 2 is 2.08 bits per heavy atom. The van der Waals surface area contributed by atoms with Gasteiger partial charge >= 0.3 is 0 Å². The van der Waals surface area contributed by atoms with Crippen molar-refractivity contribution in [1.82, 2.24) is 14.9 Å². The second-order valence-electron chi connectivity index (χ2n) is 6.02. The van der Waals surface area contributed by atoms with Crippen LogP contribution in [-0.4, -0.2) is 46.2 Å². The number of aromatic nitrogens is 2. The Hall–Kier alpha value is -2.65. The average Bonchev–Trinajstić information content (AvgIpc) is 2.83. The highest BCUT2D eigenvalue weighted by molar-refractivity contribution is 5.53. The van der Waals surface area contributed by atoms with Crippen molar-refractivity contribution in [2.75, 3.05) is 31.1 Å². The highest BCUT2D eigenvalue weighted by atomic mass is 16.3. The molecule has 1 aliphatic rings. The lowest BCUT2D eigenvalue weighted by Crippen LogP contribution is -2.31. The molecular weight excluding hydrogens is 302 g/mol. The van der Waals surface area contributed by atoms with Gasteiger partial charge in [0, 0.05) is 44.6 Å². The number of pyridine rings is 2. The Balaban J connectivity index is 1.69. The summed E-state index contributed by atoms with van der Waals surface area (Å²) >= 11 is 0. The van der Waals surface area contributed by atoms with Gasteiger partial charge in [0.25, 0.3) is 0 Å². The first kappa shape index (κ1) is 16.2. The molecule has 0 radical (unpaired) electrons. The van der Waals surface area contributed by atoms with Gasteiger partial charge < -0.3 is 10.0 Å². The van der Waals surface area contributed by atoms with Crippen molar-refractivity contribution in [2.24, 2.45) is 0 Å². The van der Waals surface area contributed by atoms with E-state index in [1.54, 1.807) is 24.4 Å². The summed E-state index contributed by atoms with van der Waals surface area (Å²) in [6.45, 7) is 6.01. The van der Waals surface area contributed by atoms with E-state index in [1.165, 1.54) is 0 Å². The molecule has 2 aromatic heterocycles. The first-order valence-corrected chi connectivity index (χ1v) is 8.15. The molecule has 0 unspecified atom stereocenters. The lowest BCUT2D eigenvalue weighted by Gasteiger charge is -2.23. The lowest BCUT2D eigenvalue weighted by atomic mass is 10.2. The number of nitriles is 1. The number of nitrogens with zero attached hydrogens (tertiary/aromatic N) is 5. The van der Waals surface area contributed by atoms with E-state index in [9.17, 15) is 10.4 Å². The molecule has 124 valence electrons. The van der Waals surface area contributed by atoms with Crippen molar-refractivity contribution < 1.29 is 5.11 Å². The van der Waals surface area contributed by atoms with E-state index in [0.29, 0.717) is 12.1 Å². The van der Waals surface area contributed by atoms with Gasteiger partial charge in [-0.1, -0.05) is 0 Å². The topological polar surface area (TPSA) is 76.3 Å². The minimum Gasteiger partial charge on any atom is -0.506 e. The SMILES string of the molecule is Cc1ccc(O)c(CN2CCCN(c3ncccc3C#N)CC2)n1. The van der Waals surface area contributed by atoms with E-state index in [4.69, 9.17) is 0 Å². The average molecular weight is 323 g/mol. The van der Waals surface area contributed by atoms with Crippen LogP contribution >= 0.6 is 0 Å². The van der Waals surface area contributed by atoms with Gasteiger partial charge in [0.2, 0.25) is 0 Å². The van der Waals surface area contributed by atoms with Gasteiger partial charge in [-0.15, -0.1) is 0 Å². The van der Waals surface area contributed by atoms with Crippen LogP contribution in [0.3, 0.4) is 0 Å². The highest BCUT2D eigenvalue weighted by Gasteiger charge is 2.19. The third-order valence-corrected chi connectivity index (χ3v) is 4.26. The molecule has 3 heterocycles. The summed E-state index contributed by atoms with van der Waals surface area (Å²) in [5.41, 5.74) is 2.24. The second kappa shape index (κ2) is 7.28. The van der Waals surface area contributed by atoms with E-state index in [-0.39, 0.29) is 5.75 Å². The van der Waals surface area contributed by atoms with E-state index < -0.39 is 0 Å². The maximum Gasteiger partial charge on any atom is 0.146 e. The maximum atomic E-state index is 9.99. The van der Waals surface area contributed by atoms with E-state index in [2.05, 4.69) is 25.8 Å². The third kappa shape index (κ3) is 3.63. The van der Waals surface area contributed by atoms with E-state index in [0.717, 1.165) is 49.8 Å². The van der Waals surface area contributed by atoms with Crippen LogP contribution in [0.2, 0.25) is 0 Å². The van der Waals surface area contributed by atoms with Crippen LogP contribution in [0.1, 0.15) is 23.4 Å². The summed E-state index contributed by atoms with van der Waals surface area (Å²) in [5, 5.41) is 19.2. The zero-order valence-corrected chi connectivity index (χ0v) is 13.8. The number of anilines is 1.